The summed E-state index contributed by atoms with van der Waals surface area (Å²) in [4.78, 5) is 14.2. The van der Waals surface area contributed by atoms with E-state index in [9.17, 15) is 18.5 Å². The molecule has 1 aromatic heterocycles. The normalized spacial score (nSPS) is 11.3. The lowest BCUT2D eigenvalue weighted by Crippen LogP contribution is -2.12. The third kappa shape index (κ3) is 3.40. The second-order valence-corrected chi connectivity index (χ2v) is 6.87. The number of aryl methyl sites for hydroxylation is 1. The highest BCUT2D eigenvalue weighted by molar-refractivity contribution is 7.87. The minimum Gasteiger partial charge on any atom is -0.379 e. The van der Waals surface area contributed by atoms with Crippen molar-refractivity contribution in [1.82, 2.24) is 10.1 Å². The molecule has 3 aromatic rings. The number of benzene rings is 2. The van der Waals surface area contributed by atoms with Gasteiger partial charge in [-0.25, -0.2) is 0 Å². The Kier molecular flexibility index (Phi) is 4.43. The van der Waals surface area contributed by atoms with Crippen LogP contribution in [-0.4, -0.2) is 23.5 Å². The van der Waals surface area contributed by atoms with Gasteiger partial charge in [0, 0.05) is 24.1 Å². The molecule has 0 aliphatic heterocycles. The summed E-state index contributed by atoms with van der Waals surface area (Å²) in [7, 11) is -4.23. The van der Waals surface area contributed by atoms with Crippen molar-refractivity contribution in [1.29, 1.82) is 0 Å². The van der Waals surface area contributed by atoms with Crippen molar-refractivity contribution < 1.29 is 22.0 Å². The van der Waals surface area contributed by atoms with E-state index in [-0.39, 0.29) is 21.9 Å². The largest absolute Gasteiger partial charge is 0.379 e. The fraction of sp³-hybridized carbons (Fsp3) is 0.125. The highest BCUT2D eigenvalue weighted by Gasteiger charge is 2.24. The highest BCUT2D eigenvalue weighted by atomic mass is 32.2. The molecule has 0 saturated carbocycles. The molecule has 9 nitrogen and oxygen atoms in total. The summed E-state index contributed by atoms with van der Waals surface area (Å²) in [5.74, 6) is 0.829. The lowest BCUT2D eigenvalue weighted by Gasteiger charge is -2.09. The Labute approximate surface area is 148 Å². The van der Waals surface area contributed by atoms with Gasteiger partial charge < -0.3 is 8.71 Å². The standard InChI is InChI=1S/C16H13N3O6S/c1-10-14(19(20)21)4-3-5-15(10)26(22,23)25-13-8-6-12(7-9-13)16-17-11(2)24-18-16/h3-9H,1-2H3. The molecule has 0 bridgehead atoms. The maximum absolute atomic E-state index is 12.5. The number of hydrogen-bond donors (Lipinski definition) is 0. The van der Waals surface area contributed by atoms with E-state index < -0.39 is 15.0 Å². The molecule has 26 heavy (non-hydrogen) atoms. The van der Waals surface area contributed by atoms with Crippen LogP contribution in [0.25, 0.3) is 11.4 Å². The van der Waals surface area contributed by atoms with Crippen LogP contribution in [0.2, 0.25) is 0 Å². The van der Waals surface area contributed by atoms with Gasteiger partial charge in [0.15, 0.2) is 0 Å². The van der Waals surface area contributed by atoms with E-state index in [4.69, 9.17) is 8.71 Å². The molecule has 1 heterocycles. The van der Waals surface area contributed by atoms with Crippen LogP contribution in [0.1, 0.15) is 11.5 Å². The first-order chi connectivity index (χ1) is 12.3. The number of rotatable bonds is 5. The second-order valence-electron chi connectivity index (χ2n) is 5.36. The zero-order chi connectivity index (χ0) is 18.9. The smallest absolute Gasteiger partial charge is 0.339 e. The molecule has 0 amide bonds. The van der Waals surface area contributed by atoms with Gasteiger partial charge >= 0.3 is 10.1 Å². The monoisotopic (exact) mass is 375 g/mol. The number of nitro benzene ring substituents is 1. The van der Waals surface area contributed by atoms with Crippen LogP contribution in [0, 0.1) is 24.0 Å². The molecule has 0 aliphatic carbocycles. The Balaban J connectivity index is 1.88. The topological polar surface area (TPSA) is 125 Å². The lowest BCUT2D eigenvalue weighted by molar-refractivity contribution is -0.385. The Morgan fingerprint density at radius 1 is 1.12 bits per heavy atom. The van der Waals surface area contributed by atoms with Crippen LogP contribution in [0.3, 0.4) is 0 Å². The first kappa shape index (κ1) is 17.5. The molecule has 3 rings (SSSR count). The van der Waals surface area contributed by atoms with Crippen LogP contribution in [-0.2, 0) is 10.1 Å². The summed E-state index contributed by atoms with van der Waals surface area (Å²) in [6.45, 7) is 3.01. The molecule has 0 unspecified atom stereocenters. The summed E-state index contributed by atoms with van der Waals surface area (Å²) in [6, 6.07) is 9.81. The molecule has 0 radical (unpaired) electrons. The zero-order valence-corrected chi connectivity index (χ0v) is 14.6. The van der Waals surface area contributed by atoms with Crippen molar-refractivity contribution in [3.05, 3.63) is 64.0 Å². The van der Waals surface area contributed by atoms with E-state index >= 15 is 0 Å². The van der Waals surface area contributed by atoms with Crippen LogP contribution < -0.4 is 4.18 Å². The summed E-state index contributed by atoms with van der Waals surface area (Å²) < 4.78 is 34.9. The minimum absolute atomic E-state index is 0.0105. The van der Waals surface area contributed by atoms with Crippen LogP contribution in [0.5, 0.6) is 5.75 Å². The van der Waals surface area contributed by atoms with Gasteiger partial charge in [-0.2, -0.15) is 13.4 Å². The Bertz CT molecular complexity index is 1070. The van der Waals surface area contributed by atoms with E-state index in [0.717, 1.165) is 0 Å². The average molecular weight is 375 g/mol. The van der Waals surface area contributed by atoms with Gasteiger partial charge in [-0.15, -0.1) is 0 Å². The van der Waals surface area contributed by atoms with Gasteiger partial charge in [-0.1, -0.05) is 11.2 Å². The van der Waals surface area contributed by atoms with Crippen molar-refractivity contribution in [3.8, 4) is 17.1 Å². The Morgan fingerprint density at radius 2 is 1.81 bits per heavy atom. The fourth-order valence-corrected chi connectivity index (χ4v) is 3.50. The van der Waals surface area contributed by atoms with E-state index in [1.807, 2.05) is 0 Å². The van der Waals surface area contributed by atoms with Gasteiger partial charge in [0.2, 0.25) is 11.7 Å². The van der Waals surface area contributed by atoms with Crippen LogP contribution in [0.4, 0.5) is 5.69 Å². The molecule has 134 valence electrons. The summed E-state index contributed by atoms with van der Waals surface area (Å²) in [6.07, 6.45) is 0. The van der Waals surface area contributed by atoms with Crippen molar-refractivity contribution in [3.63, 3.8) is 0 Å². The van der Waals surface area contributed by atoms with Crippen molar-refractivity contribution in [2.75, 3.05) is 0 Å². The van der Waals surface area contributed by atoms with Gasteiger partial charge in [0.25, 0.3) is 5.69 Å². The Morgan fingerprint density at radius 3 is 2.38 bits per heavy atom. The number of nitro groups is 1. The van der Waals surface area contributed by atoms with Crippen molar-refractivity contribution in [2.45, 2.75) is 18.7 Å². The maximum Gasteiger partial charge on any atom is 0.339 e. The highest BCUT2D eigenvalue weighted by Crippen LogP contribution is 2.28. The number of aromatic nitrogens is 2. The van der Waals surface area contributed by atoms with Gasteiger partial charge in [-0.05, 0) is 37.3 Å². The first-order valence-electron chi connectivity index (χ1n) is 7.37. The number of nitrogens with zero attached hydrogens (tertiary/aromatic N) is 3. The molecule has 2 aromatic carbocycles. The van der Waals surface area contributed by atoms with Crippen molar-refractivity contribution >= 4 is 15.8 Å². The van der Waals surface area contributed by atoms with E-state index in [1.54, 1.807) is 19.1 Å². The second kappa shape index (κ2) is 6.56. The van der Waals surface area contributed by atoms with Crippen LogP contribution >= 0.6 is 0 Å². The molecule has 10 heteroatoms. The molecule has 0 atom stereocenters. The maximum atomic E-state index is 12.5. The van der Waals surface area contributed by atoms with Gasteiger partial charge in [-0.3, -0.25) is 10.1 Å². The summed E-state index contributed by atoms with van der Waals surface area (Å²) >= 11 is 0. The van der Waals surface area contributed by atoms with Gasteiger partial charge in [0.05, 0.1) is 4.92 Å². The lowest BCUT2D eigenvalue weighted by atomic mass is 10.2. The van der Waals surface area contributed by atoms with E-state index in [0.29, 0.717) is 17.3 Å². The molecular formula is C16H13N3O6S. The first-order valence-corrected chi connectivity index (χ1v) is 8.78. The SMILES string of the molecule is Cc1nc(-c2ccc(OS(=O)(=O)c3cccc([N+](=O)[O-])c3C)cc2)no1. The fourth-order valence-electron chi connectivity index (χ4n) is 2.32. The van der Waals surface area contributed by atoms with Crippen molar-refractivity contribution in [2.24, 2.45) is 0 Å². The predicted molar refractivity (Wildman–Crippen MR) is 90.1 cm³/mol. The Hall–Kier alpha value is -3.27. The molecule has 0 aliphatic rings. The van der Waals surface area contributed by atoms with Crippen LogP contribution in [0.15, 0.2) is 51.9 Å². The minimum atomic E-state index is -4.23. The molecule has 0 spiro atoms. The van der Waals surface area contributed by atoms with E-state index in [2.05, 4.69) is 10.1 Å². The quantitative estimate of drug-likeness (QED) is 0.378. The number of hydrogen-bond acceptors (Lipinski definition) is 8. The third-order valence-corrected chi connectivity index (χ3v) is 4.96. The zero-order valence-electron chi connectivity index (χ0n) is 13.7. The molecular weight excluding hydrogens is 362 g/mol. The predicted octanol–water partition coefficient (Wildman–Crippen LogP) is 3.03. The average Bonchev–Trinajstić information content (AvgIpc) is 3.01. The molecule has 0 saturated heterocycles. The van der Waals surface area contributed by atoms with Gasteiger partial charge in [0.1, 0.15) is 10.6 Å². The third-order valence-electron chi connectivity index (χ3n) is 3.57. The molecule has 0 fully saturated rings. The van der Waals surface area contributed by atoms with E-state index in [1.165, 1.54) is 37.3 Å². The summed E-state index contributed by atoms with van der Waals surface area (Å²) in [5, 5.41) is 14.8. The summed E-state index contributed by atoms with van der Waals surface area (Å²) in [5.41, 5.74) is 0.340. The molecule has 0 N–H and O–H groups in total.